The minimum absolute atomic E-state index is 0.0760. The highest BCUT2D eigenvalue weighted by atomic mass is 16.1. The predicted molar refractivity (Wildman–Crippen MR) is 84.9 cm³/mol. The molecule has 1 aromatic heterocycles. The zero-order valence-electron chi connectivity index (χ0n) is 12.7. The Hall–Kier alpha value is -2.16. The molecule has 2 rings (SSSR count). The van der Waals surface area contributed by atoms with Gasteiger partial charge < -0.3 is 5.32 Å². The van der Waals surface area contributed by atoms with Crippen LogP contribution in [0, 0.1) is 6.92 Å². The number of hydrogen-bond donors (Lipinski definition) is 1. The summed E-state index contributed by atoms with van der Waals surface area (Å²) in [7, 11) is 0. The number of carbonyl (C=O) groups excluding carboxylic acids is 1. The molecule has 0 bridgehead atoms. The second-order valence-electron chi connectivity index (χ2n) is 5.31. The molecule has 1 atom stereocenters. The van der Waals surface area contributed by atoms with Crippen LogP contribution in [0.15, 0.2) is 48.7 Å². The second kappa shape index (κ2) is 7.58. The zero-order valence-corrected chi connectivity index (χ0v) is 12.7. The number of aromatic nitrogens is 1. The molecule has 0 radical (unpaired) electrons. The Labute approximate surface area is 126 Å². The lowest BCUT2D eigenvalue weighted by Crippen LogP contribution is -2.30. The number of nitrogens with one attached hydrogen (secondary N) is 1. The van der Waals surface area contributed by atoms with E-state index >= 15 is 0 Å². The van der Waals surface area contributed by atoms with Crippen LogP contribution in [0.1, 0.15) is 42.6 Å². The maximum absolute atomic E-state index is 11.9. The van der Waals surface area contributed by atoms with Crippen molar-refractivity contribution in [2.45, 2.75) is 39.2 Å². The Morgan fingerprint density at radius 3 is 2.57 bits per heavy atom. The Morgan fingerprint density at radius 2 is 1.95 bits per heavy atom. The van der Waals surface area contributed by atoms with Crippen molar-refractivity contribution in [1.82, 2.24) is 10.3 Å². The number of carbonyl (C=O) groups is 1. The Kier molecular flexibility index (Phi) is 5.50. The fourth-order valence-electron chi connectivity index (χ4n) is 2.27. The molecule has 110 valence electrons. The molecule has 1 amide bonds. The van der Waals surface area contributed by atoms with Crippen molar-refractivity contribution in [1.29, 1.82) is 0 Å². The van der Waals surface area contributed by atoms with Crippen molar-refractivity contribution in [3.8, 4) is 0 Å². The minimum Gasteiger partial charge on any atom is -0.347 e. The Balaban J connectivity index is 2.15. The van der Waals surface area contributed by atoms with Gasteiger partial charge in [-0.1, -0.05) is 42.8 Å². The minimum atomic E-state index is -0.0760. The summed E-state index contributed by atoms with van der Waals surface area (Å²) in [6, 6.07) is 14.1. The van der Waals surface area contributed by atoms with Gasteiger partial charge in [0.2, 0.25) is 5.91 Å². The normalized spacial score (nSPS) is 11.9. The Morgan fingerprint density at radius 1 is 1.19 bits per heavy atom. The van der Waals surface area contributed by atoms with E-state index in [2.05, 4.69) is 41.5 Å². The van der Waals surface area contributed by atoms with E-state index in [1.54, 1.807) is 6.20 Å². The lowest BCUT2D eigenvalue weighted by Gasteiger charge is -2.18. The maximum Gasteiger partial charge on any atom is 0.220 e. The second-order valence-corrected chi connectivity index (χ2v) is 5.31. The molecule has 0 aliphatic rings. The van der Waals surface area contributed by atoms with Gasteiger partial charge in [-0.3, -0.25) is 9.78 Å². The smallest absolute Gasteiger partial charge is 0.220 e. The van der Waals surface area contributed by atoms with E-state index < -0.39 is 0 Å². The van der Waals surface area contributed by atoms with Gasteiger partial charge in [-0.25, -0.2) is 0 Å². The average molecular weight is 282 g/mol. The number of hydrogen-bond acceptors (Lipinski definition) is 2. The molecule has 0 aliphatic heterocycles. The summed E-state index contributed by atoms with van der Waals surface area (Å²) in [6.45, 7) is 4.08. The van der Waals surface area contributed by atoms with Gasteiger partial charge in [0.1, 0.15) is 0 Å². The molecule has 0 saturated carbocycles. The summed E-state index contributed by atoms with van der Waals surface area (Å²) in [4.78, 5) is 16.3. The number of rotatable bonds is 6. The molecule has 21 heavy (non-hydrogen) atoms. The lowest BCUT2D eigenvalue weighted by molar-refractivity contribution is -0.121. The van der Waals surface area contributed by atoms with Gasteiger partial charge in [0.05, 0.1) is 11.7 Å². The zero-order chi connectivity index (χ0) is 15.1. The molecule has 0 fully saturated rings. The van der Waals surface area contributed by atoms with Crippen LogP contribution in [0.4, 0.5) is 0 Å². The van der Waals surface area contributed by atoms with Crippen molar-refractivity contribution >= 4 is 5.91 Å². The lowest BCUT2D eigenvalue weighted by atomic mass is 10.0. The maximum atomic E-state index is 11.9. The monoisotopic (exact) mass is 282 g/mol. The molecule has 3 nitrogen and oxygen atoms in total. The van der Waals surface area contributed by atoms with Crippen molar-refractivity contribution < 1.29 is 4.79 Å². The highest BCUT2D eigenvalue weighted by Crippen LogP contribution is 2.17. The number of amides is 1. The van der Waals surface area contributed by atoms with Gasteiger partial charge in [-0.2, -0.15) is 0 Å². The molecule has 0 saturated heterocycles. The van der Waals surface area contributed by atoms with Crippen LogP contribution in [0.2, 0.25) is 0 Å². The molecule has 3 heteroatoms. The fourth-order valence-corrected chi connectivity index (χ4v) is 2.27. The van der Waals surface area contributed by atoms with Crippen molar-refractivity contribution in [3.05, 3.63) is 65.5 Å². The van der Waals surface area contributed by atoms with Gasteiger partial charge in [-0.05, 0) is 37.5 Å². The van der Waals surface area contributed by atoms with Gasteiger partial charge >= 0.3 is 0 Å². The summed E-state index contributed by atoms with van der Waals surface area (Å²) >= 11 is 0. The average Bonchev–Trinajstić information content (AvgIpc) is 2.50. The molecular weight excluding hydrogens is 260 g/mol. The number of aryl methyl sites for hydroxylation is 1. The van der Waals surface area contributed by atoms with Crippen LogP contribution >= 0.6 is 0 Å². The van der Waals surface area contributed by atoms with E-state index in [1.807, 2.05) is 25.1 Å². The van der Waals surface area contributed by atoms with Gasteiger partial charge in [-0.15, -0.1) is 0 Å². The highest BCUT2D eigenvalue weighted by Gasteiger charge is 2.15. The van der Waals surface area contributed by atoms with Crippen molar-refractivity contribution in [3.63, 3.8) is 0 Å². The summed E-state index contributed by atoms with van der Waals surface area (Å²) in [5.41, 5.74) is 3.35. The molecule has 0 aliphatic carbocycles. The molecule has 0 spiro atoms. The first-order valence-corrected chi connectivity index (χ1v) is 7.45. The summed E-state index contributed by atoms with van der Waals surface area (Å²) in [6.07, 6.45) is 3.93. The topological polar surface area (TPSA) is 42.0 Å². The first kappa shape index (κ1) is 15.2. The molecule has 2 aromatic rings. The largest absolute Gasteiger partial charge is 0.347 e. The highest BCUT2D eigenvalue weighted by molar-refractivity contribution is 5.76. The molecule has 1 aromatic carbocycles. The van der Waals surface area contributed by atoms with Crippen LogP contribution in [0.3, 0.4) is 0 Å². The summed E-state index contributed by atoms with van der Waals surface area (Å²) in [5.74, 6) is 0.0836. The van der Waals surface area contributed by atoms with E-state index in [0.717, 1.165) is 18.5 Å². The summed E-state index contributed by atoms with van der Waals surface area (Å²) < 4.78 is 0. The van der Waals surface area contributed by atoms with Gasteiger partial charge in [0.25, 0.3) is 0 Å². The van der Waals surface area contributed by atoms with E-state index in [-0.39, 0.29) is 11.9 Å². The number of nitrogens with zero attached hydrogens (tertiary/aromatic N) is 1. The predicted octanol–water partition coefficient (Wildman–Crippen LogP) is 3.59. The Bertz CT molecular complexity index is 564. The third kappa shape index (κ3) is 4.71. The van der Waals surface area contributed by atoms with E-state index in [4.69, 9.17) is 0 Å². The third-order valence-electron chi connectivity index (χ3n) is 3.42. The van der Waals surface area contributed by atoms with Gasteiger partial charge in [0, 0.05) is 12.6 Å². The van der Waals surface area contributed by atoms with Crippen LogP contribution in [0.25, 0.3) is 0 Å². The van der Waals surface area contributed by atoms with Crippen LogP contribution < -0.4 is 5.32 Å². The van der Waals surface area contributed by atoms with E-state index in [1.165, 1.54) is 11.1 Å². The standard InChI is InChI=1S/C18H22N2O/c1-3-6-18(21)20-17(16-7-4-5-12-19-16)13-15-10-8-14(2)9-11-15/h4-5,7-12,17H,3,6,13H2,1-2H3,(H,20,21)/t17-/m0/s1. The first-order valence-electron chi connectivity index (χ1n) is 7.45. The molecule has 0 unspecified atom stereocenters. The van der Waals surface area contributed by atoms with E-state index in [9.17, 15) is 4.79 Å². The third-order valence-corrected chi connectivity index (χ3v) is 3.42. The van der Waals surface area contributed by atoms with E-state index in [0.29, 0.717) is 6.42 Å². The van der Waals surface area contributed by atoms with Crippen LogP contribution in [-0.2, 0) is 11.2 Å². The number of benzene rings is 1. The quantitative estimate of drug-likeness (QED) is 0.879. The molecule has 1 N–H and O–H groups in total. The van der Waals surface area contributed by atoms with Crippen LogP contribution in [-0.4, -0.2) is 10.9 Å². The van der Waals surface area contributed by atoms with Gasteiger partial charge in [0.15, 0.2) is 0 Å². The first-order chi connectivity index (χ1) is 10.2. The van der Waals surface area contributed by atoms with Crippen LogP contribution in [0.5, 0.6) is 0 Å². The molecule has 1 heterocycles. The fraction of sp³-hybridized carbons (Fsp3) is 0.333. The number of pyridine rings is 1. The SMILES string of the molecule is CCCC(=O)N[C@@H](Cc1ccc(C)cc1)c1ccccn1. The van der Waals surface area contributed by atoms with Crippen molar-refractivity contribution in [2.24, 2.45) is 0 Å². The van der Waals surface area contributed by atoms with Crippen molar-refractivity contribution in [2.75, 3.05) is 0 Å². The molecular formula is C18H22N2O. The summed E-state index contributed by atoms with van der Waals surface area (Å²) in [5, 5.41) is 3.10.